The molecule has 1 heterocycles. The lowest BCUT2D eigenvalue weighted by Crippen LogP contribution is -2.48. The fraction of sp³-hybridized carbons (Fsp3) is 0.357. The number of carbonyl (C=O) groups is 3. The van der Waals surface area contributed by atoms with E-state index in [9.17, 15) is 14.4 Å². The first-order valence-electron chi connectivity index (χ1n) is 6.48. The number of nitrogens with zero attached hydrogens (tertiary/aromatic N) is 2. The number of carbonyl (C=O) groups excluding carboxylic acids is 3. The summed E-state index contributed by atoms with van der Waals surface area (Å²) in [7, 11) is 0. The lowest BCUT2D eigenvalue weighted by atomic mass is 10.2. The summed E-state index contributed by atoms with van der Waals surface area (Å²) < 4.78 is 0. The van der Waals surface area contributed by atoms with Crippen molar-refractivity contribution in [1.82, 2.24) is 4.90 Å². The number of rotatable bonds is 2. The second-order valence-electron chi connectivity index (χ2n) is 4.60. The molecule has 106 valence electrons. The molecule has 0 saturated carbocycles. The third-order valence-electron chi connectivity index (χ3n) is 3.29. The predicted molar refractivity (Wildman–Crippen MR) is 73.9 cm³/mol. The van der Waals surface area contributed by atoms with Crippen molar-refractivity contribution in [2.75, 3.05) is 24.5 Å². The fourth-order valence-corrected chi connectivity index (χ4v) is 2.31. The van der Waals surface area contributed by atoms with Crippen molar-refractivity contribution in [3.8, 4) is 0 Å². The molecule has 1 aliphatic heterocycles. The molecule has 0 unspecified atom stereocenters. The lowest BCUT2D eigenvalue weighted by molar-refractivity contribution is -0.150. The summed E-state index contributed by atoms with van der Waals surface area (Å²) in [6.45, 7) is 1.89. The predicted octanol–water partition coefficient (Wildman–Crippen LogP) is -0.0905. The number of imide groups is 1. The van der Waals surface area contributed by atoms with Crippen molar-refractivity contribution in [3.05, 3.63) is 29.8 Å². The average Bonchev–Trinajstić information content (AvgIpc) is 2.86. The Morgan fingerprint density at radius 2 is 2.00 bits per heavy atom. The molecule has 3 amide bonds. The van der Waals surface area contributed by atoms with Gasteiger partial charge in [-0.15, -0.1) is 0 Å². The van der Waals surface area contributed by atoms with Gasteiger partial charge in [0.15, 0.2) is 0 Å². The second kappa shape index (κ2) is 5.83. The molecule has 2 N–H and O–H groups in total. The van der Waals surface area contributed by atoms with Crippen molar-refractivity contribution in [1.29, 1.82) is 0 Å². The van der Waals surface area contributed by atoms with E-state index in [1.165, 1.54) is 11.8 Å². The van der Waals surface area contributed by atoms with E-state index in [-0.39, 0.29) is 13.1 Å². The Morgan fingerprint density at radius 1 is 1.30 bits per heavy atom. The number of hydrogen-bond acceptors (Lipinski definition) is 4. The van der Waals surface area contributed by atoms with E-state index in [2.05, 4.69) is 0 Å². The maximum Gasteiger partial charge on any atom is 0.319 e. The molecular formula is C14H17N3O3. The van der Waals surface area contributed by atoms with E-state index in [1.54, 1.807) is 6.07 Å². The number of hydrogen-bond donors (Lipinski definition) is 1. The topological polar surface area (TPSA) is 83.7 Å². The number of benzene rings is 1. The van der Waals surface area contributed by atoms with Gasteiger partial charge in [0, 0.05) is 32.2 Å². The number of anilines is 1. The first-order valence-corrected chi connectivity index (χ1v) is 6.48. The Morgan fingerprint density at radius 3 is 2.65 bits per heavy atom. The summed E-state index contributed by atoms with van der Waals surface area (Å²) in [4.78, 5) is 38.1. The van der Waals surface area contributed by atoms with E-state index >= 15 is 0 Å². The van der Waals surface area contributed by atoms with Gasteiger partial charge >= 0.3 is 11.8 Å². The van der Waals surface area contributed by atoms with Crippen molar-refractivity contribution < 1.29 is 14.4 Å². The van der Waals surface area contributed by atoms with Crippen molar-refractivity contribution in [2.24, 2.45) is 5.73 Å². The van der Waals surface area contributed by atoms with E-state index < -0.39 is 17.7 Å². The molecule has 1 aromatic carbocycles. The molecule has 1 aliphatic rings. The molecular weight excluding hydrogens is 258 g/mol. The van der Waals surface area contributed by atoms with E-state index in [1.807, 2.05) is 18.2 Å². The van der Waals surface area contributed by atoms with E-state index in [0.29, 0.717) is 13.0 Å². The summed E-state index contributed by atoms with van der Waals surface area (Å²) in [6.07, 6.45) is 0.714. The zero-order valence-corrected chi connectivity index (χ0v) is 11.3. The Labute approximate surface area is 117 Å². The van der Waals surface area contributed by atoms with Gasteiger partial charge in [0.2, 0.25) is 5.91 Å². The van der Waals surface area contributed by atoms with Gasteiger partial charge in [0.05, 0.1) is 0 Å². The van der Waals surface area contributed by atoms with Crippen molar-refractivity contribution >= 4 is 23.4 Å². The summed E-state index contributed by atoms with van der Waals surface area (Å²) in [5, 5.41) is 0. The van der Waals surface area contributed by atoms with Crippen LogP contribution in [0.15, 0.2) is 24.3 Å². The van der Waals surface area contributed by atoms with Crippen LogP contribution in [0.3, 0.4) is 0 Å². The monoisotopic (exact) mass is 275 g/mol. The summed E-state index contributed by atoms with van der Waals surface area (Å²) >= 11 is 0. The normalized spacial score (nSPS) is 13.0. The van der Waals surface area contributed by atoms with Gasteiger partial charge in [-0.1, -0.05) is 18.2 Å². The molecule has 0 spiro atoms. The Balaban J connectivity index is 2.20. The van der Waals surface area contributed by atoms with Crippen LogP contribution < -0.4 is 10.6 Å². The van der Waals surface area contributed by atoms with Gasteiger partial charge in [-0.3, -0.25) is 19.3 Å². The molecule has 0 atom stereocenters. The smallest absolute Gasteiger partial charge is 0.319 e. The second-order valence-corrected chi connectivity index (χ2v) is 4.60. The standard InChI is InChI=1S/C14H17N3O3/c1-10(18)16(9-7-15)13(19)14(20)17-8-6-11-4-2-3-5-12(11)17/h2-5H,6-9,15H2,1H3. The molecule has 20 heavy (non-hydrogen) atoms. The minimum Gasteiger partial charge on any atom is -0.329 e. The highest BCUT2D eigenvalue weighted by atomic mass is 16.2. The minimum atomic E-state index is -0.820. The minimum absolute atomic E-state index is 0.0510. The first kappa shape index (κ1) is 14.2. The van der Waals surface area contributed by atoms with Crippen LogP contribution in [0.4, 0.5) is 5.69 Å². The highest BCUT2D eigenvalue weighted by Gasteiger charge is 2.33. The van der Waals surface area contributed by atoms with Crippen LogP contribution in [0.2, 0.25) is 0 Å². The molecule has 0 bridgehead atoms. The number of amides is 3. The van der Waals surface area contributed by atoms with Crippen LogP contribution in [0.25, 0.3) is 0 Å². The average molecular weight is 275 g/mol. The van der Waals surface area contributed by atoms with E-state index in [0.717, 1.165) is 16.2 Å². The Kier molecular flexibility index (Phi) is 4.14. The quantitative estimate of drug-likeness (QED) is 0.765. The van der Waals surface area contributed by atoms with Crippen LogP contribution >= 0.6 is 0 Å². The third-order valence-corrected chi connectivity index (χ3v) is 3.29. The molecule has 0 aliphatic carbocycles. The molecule has 0 aromatic heterocycles. The zero-order valence-electron chi connectivity index (χ0n) is 11.3. The third kappa shape index (κ3) is 2.55. The van der Waals surface area contributed by atoms with Gasteiger partial charge < -0.3 is 10.6 Å². The van der Waals surface area contributed by atoms with Gasteiger partial charge in [-0.2, -0.15) is 0 Å². The van der Waals surface area contributed by atoms with Gasteiger partial charge in [-0.05, 0) is 18.1 Å². The molecule has 2 rings (SSSR count). The fourth-order valence-electron chi connectivity index (χ4n) is 2.31. The summed E-state index contributed by atoms with van der Waals surface area (Å²) in [6, 6.07) is 7.44. The maximum atomic E-state index is 12.3. The first-order chi connectivity index (χ1) is 9.56. The highest BCUT2D eigenvalue weighted by molar-refractivity contribution is 6.42. The summed E-state index contributed by atoms with van der Waals surface area (Å²) in [5.41, 5.74) is 7.13. The molecule has 0 saturated heterocycles. The maximum absolute atomic E-state index is 12.3. The SMILES string of the molecule is CC(=O)N(CCN)C(=O)C(=O)N1CCc2ccccc21. The van der Waals surface area contributed by atoms with Crippen LogP contribution in [-0.4, -0.2) is 42.3 Å². The van der Waals surface area contributed by atoms with Gasteiger partial charge in [0.1, 0.15) is 0 Å². The highest BCUT2D eigenvalue weighted by Crippen LogP contribution is 2.27. The molecule has 6 nitrogen and oxygen atoms in total. The lowest BCUT2D eigenvalue weighted by Gasteiger charge is -2.22. The molecule has 6 heteroatoms. The van der Waals surface area contributed by atoms with Gasteiger partial charge in [-0.25, -0.2) is 0 Å². The number of para-hydroxylation sites is 1. The van der Waals surface area contributed by atoms with Gasteiger partial charge in [0.25, 0.3) is 0 Å². The van der Waals surface area contributed by atoms with Crippen LogP contribution in [0, 0.1) is 0 Å². The summed E-state index contributed by atoms with van der Waals surface area (Å²) in [5.74, 6) is -1.97. The largest absolute Gasteiger partial charge is 0.329 e. The Hall–Kier alpha value is -2.21. The van der Waals surface area contributed by atoms with Crippen LogP contribution in [0.1, 0.15) is 12.5 Å². The van der Waals surface area contributed by atoms with E-state index in [4.69, 9.17) is 5.73 Å². The number of nitrogens with two attached hydrogens (primary N) is 1. The molecule has 0 radical (unpaired) electrons. The van der Waals surface area contributed by atoms with Crippen molar-refractivity contribution in [2.45, 2.75) is 13.3 Å². The Bertz CT molecular complexity index is 556. The molecule has 0 fully saturated rings. The zero-order chi connectivity index (χ0) is 14.7. The van der Waals surface area contributed by atoms with Crippen molar-refractivity contribution in [3.63, 3.8) is 0 Å². The molecule has 1 aromatic rings. The number of fused-ring (bicyclic) bond motifs is 1. The van der Waals surface area contributed by atoms with Crippen LogP contribution in [0.5, 0.6) is 0 Å². The van der Waals surface area contributed by atoms with Crippen LogP contribution in [-0.2, 0) is 20.8 Å².